The van der Waals surface area contributed by atoms with Gasteiger partial charge in [0, 0.05) is 29.6 Å². The van der Waals surface area contributed by atoms with E-state index in [1.165, 1.54) is 18.4 Å². The summed E-state index contributed by atoms with van der Waals surface area (Å²) in [4.78, 5) is 8.49. The summed E-state index contributed by atoms with van der Waals surface area (Å²) in [5.41, 5.74) is 3.41. The van der Waals surface area contributed by atoms with Crippen LogP contribution < -0.4 is 10.1 Å². The number of aromatic nitrogens is 2. The lowest BCUT2D eigenvalue weighted by Crippen LogP contribution is -2.24. The second kappa shape index (κ2) is 4.56. The lowest BCUT2D eigenvalue weighted by atomic mass is 10.0. The number of nitrogens with one attached hydrogen (secondary N) is 1. The van der Waals surface area contributed by atoms with Crippen LogP contribution in [-0.2, 0) is 0 Å². The van der Waals surface area contributed by atoms with Gasteiger partial charge in [0.05, 0.1) is 6.04 Å². The molecule has 1 N–H and O–H groups in total. The van der Waals surface area contributed by atoms with E-state index in [9.17, 15) is 0 Å². The van der Waals surface area contributed by atoms with Crippen LogP contribution in [0.2, 0.25) is 0 Å². The third kappa shape index (κ3) is 2.16. The highest BCUT2D eigenvalue weighted by atomic mass is 16.5. The van der Waals surface area contributed by atoms with E-state index in [0.717, 1.165) is 29.3 Å². The Kier molecular flexibility index (Phi) is 2.70. The second-order valence-electron chi connectivity index (χ2n) is 5.58. The molecule has 4 heteroatoms. The fourth-order valence-corrected chi connectivity index (χ4v) is 2.60. The number of rotatable bonds is 3. The Morgan fingerprint density at radius 2 is 1.95 bits per heavy atom. The topological polar surface area (TPSA) is 47.0 Å². The van der Waals surface area contributed by atoms with Crippen molar-refractivity contribution in [2.75, 3.05) is 6.61 Å². The van der Waals surface area contributed by atoms with Crippen molar-refractivity contribution in [2.45, 2.75) is 31.8 Å². The molecule has 0 saturated heterocycles. The normalized spacial score (nSPS) is 20.6. The highest BCUT2D eigenvalue weighted by Crippen LogP contribution is 2.37. The number of hydrogen-bond acceptors (Lipinski definition) is 4. The Labute approximate surface area is 118 Å². The largest absolute Gasteiger partial charge is 0.491 e. The van der Waals surface area contributed by atoms with Crippen molar-refractivity contribution in [3.8, 4) is 16.9 Å². The summed E-state index contributed by atoms with van der Waals surface area (Å²) in [7, 11) is 0. The molecule has 2 aromatic rings. The fourth-order valence-electron chi connectivity index (χ4n) is 2.60. The number of ether oxygens (including phenoxy) is 1. The molecular weight excluding hydrogens is 250 g/mol. The van der Waals surface area contributed by atoms with Crippen LogP contribution in [0, 0.1) is 6.92 Å². The van der Waals surface area contributed by atoms with Crippen LogP contribution in [0.15, 0.2) is 30.6 Å². The van der Waals surface area contributed by atoms with Crippen LogP contribution in [-0.4, -0.2) is 22.6 Å². The number of benzene rings is 1. The maximum Gasteiger partial charge on any atom is 0.125 e. The first-order valence-electron chi connectivity index (χ1n) is 7.11. The molecule has 1 aliphatic heterocycles. The first-order valence-corrected chi connectivity index (χ1v) is 7.11. The van der Waals surface area contributed by atoms with Crippen molar-refractivity contribution in [1.82, 2.24) is 15.3 Å². The summed E-state index contributed by atoms with van der Waals surface area (Å²) in [5, 5.41) is 3.63. The molecule has 4 rings (SSSR count). The maximum atomic E-state index is 5.82. The quantitative estimate of drug-likeness (QED) is 0.928. The summed E-state index contributed by atoms with van der Waals surface area (Å²) in [6, 6.07) is 7.43. The van der Waals surface area contributed by atoms with Crippen LogP contribution in [0.4, 0.5) is 0 Å². The molecule has 0 radical (unpaired) electrons. The number of hydrogen-bond donors (Lipinski definition) is 1. The molecule has 1 saturated carbocycles. The predicted octanol–water partition coefficient (Wildman–Crippen LogP) is 2.64. The average Bonchev–Trinajstić information content (AvgIpc) is 3.20. The molecule has 0 bridgehead atoms. The number of nitrogens with zero attached hydrogens (tertiary/aromatic N) is 2. The molecule has 102 valence electrons. The van der Waals surface area contributed by atoms with Crippen molar-refractivity contribution in [3.05, 3.63) is 42.0 Å². The minimum absolute atomic E-state index is 0.348. The molecule has 0 spiro atoms. The van der Waals surface area contributed by atoms with E-state index in [2.05, 4.69) is 33.5 Å². The molecule has 1 atom stereocenters. The van der Waals surface area contributed by atoms with Gasteiger partial charge in [0.15, 0.2) is 0 Å². The summed E-state index contributed by atoms with van der Waals surface area (Å²) < 4.78 is 5.82. The lowest BCUT2D eigenvalue weighted by Gasteiger charge is -2.10. The Bertz CT molecular complexity index is 635. The van der Waals surface area contributed by atoms with Gasteiger partial charge >= 0.3 is 0 Å². The van der Waals surface area contributed by atoms with E-state index in [4.69, 9.17) is 4.74 Å². The third-order valence-electron chi connectivity index (χ3n) is 3.92. The third-order valence-corrected chi connectivity index (χ3v) is 3.92. The zero-order valence-corrected chi connectivity index (χ0v) is 11.5. The summed E-state index contributed by atoms with van der Waals surface area (Å²) >= 11 is 0. The van der Waals surface area contributed by atoms with E-state index in [1.54, 1.807) is 0 Å². The molecule has 1 aromatic carbocycles. The Hall–Kier alpha value is -1.94. The predicted molar refractivity (Wildman–Crippen MR) is 76.6 cm³/mol. The monoisotopic (exact) mass is 267 g/mol. The number of aryl methyl sites for hydroxylation is 1. The molecule has 1 unspecified atom stereocenters. The molecule has 1 aromatic heterocycles. The zero-order chi connectivity index (χ0) is 13.5. The molecule has 20 heavy (non-hydrogen) atoms. The first kappa shape index (κ1) is 11.9. The highest BCUT2D eigenvalue weighted by molar-refractivity contribution is 5.65. The van der Waals surface area contributed by atoms with Gasteiger partial charge in [-0.3, -0.25) is 0 Å². The van der Waals surface area contributed by atoms with E-state index in [0.29, 0.717) is 12.1 Å². The van der Waals surface area contributed by atoms with Crippen molar-refractivity contribution >= 4 is 0 Å². The van der Waals surface area contributed by atoms with Crippen molar-refractivity contribution < 1.29 is 4.74 Å². The van der Waals surface area contributed by atoms with Gasteiger partial charge in [-0.2, -0.15) is 0 Å². The van der Waals surface area contributed by atoms with Crippen LogP contribution in [0.1, 0.15) is 30.3 Å². The van der Waals surface area contributed by atoms with Crippen molar-refractivity contribution in [1.29, 1.82) is 0 Å². The molecule has 1 aliphatic carbocycles. The van der Waals surface area contributed by atoms with Gasteiger partial charge in [-0.15, -0.1) is 0 Å². The van der Waals surface area contributed by atoms with E-state index >= 15 is 0 Å². The maximum absolute atomic E-state index is 5.82. The lowest BCUT2D eigenvalue weighted by molar-refractivity contribution is 0.310. The highest BCUT2D eigenvalue weighted by Gasteiger charge is 2.30. The first-order chi connectivity index (χ1) is 9.79. The van der Waals surface area contributed by atoms with E-state index in [-0.39, 0.29) is 0 Å². The number of fused-ring (bicyclic) bond motifs is 1. The molecule has 1 fully saturated rings. The van der Waals surface area contributed by atoms with Gasteiger partial charge in [-0.25, -0.2) is 9.97 Å². The average molecular weight is 267 g/mol. The van der Waals surface area contributed by atoms with Gasteiger partial charge in [0.1, 0.15) is 18.2 Å². The van der Waals surface area contributed by atoms with Crippen LogP contribution in [0.3, 0.4) is 0 Å². The van der Waals surface area contributed by atoms with Gasteiger partial charge in [0.2, 0.25) is 0 Å². The van der Waals surface area contributed by atoms with Gasteiger partial charge in [-0.05, 0) is 31.4 Å². The van der Waals surface area contributed by atoms with Crippen LogP contribution in [0.5, 0.6) is 5.75 Å². The summed E-state index contributed by atoms with van der Waals surface area (Å²) in [5.74, 6) is 1.78. The van der Waals surface area contributed by atoms with Crippen LogP contribution in [0.25, 0.3) is 11.1 Å². The standard InChI is InChI=1S/C16H17N3O/c1-10-17-7-12(8-18-10)11-2-5-14-15(19-13-3-4-13)9-20-16(14)6-11/h2,5-8,13,15,19H,3-4,9H2,1H3. The molecule has 0 amide bonds. The summed E-state index contributed by atoms with van der Waals surface area (Å²) in [6.45, 7) is 2.63. The molecule has 2 aliphatic rings. The summed E-state index contributed by atoms with van der Waals surface area (Å²) in [6.07, 6.45) is 6.31. The zero-order valence-electron chi connectivity index (χ0n) is 11.5. The van der Waals surface area contributed by atoms with E-state index in [1.807, 2.05) is 19.3 Å². The van der Waals surface area contributed by atoms with Crippen LogP contribution >= 0.6 is 0 Å². The van der Waals surface area contributed by atoms with Crippen molar-refractivity contribution in [3.63, 3.8) is 0 Å². The molecule has 2 heterocycles. The molecular formula is C16H17N3O. The van der Waals surface area contributed by atoms with Gasteiger partial charge in [-0.1, -0.05) is 12.1 Å². The fraction of sp³-hybridized carbons (Fsp3) is 0.375. The minimum Gasteiger partial charge on any atom is -0.491 e. The Balaban J connectivity index is 1.63. The second-order valence-corrected chi connectivity index (χ2v) is 5.58. The SMILES string of the molecule is Cc1ncc(-c2ccc3c(c2)OCC3NC2CC2)cn1. The minimum atomic E-state index is 0.348. The van der Waals surface area contributed by atoms with Gasteiger partial charge < -0.3 is 10.1 Å². The van der Waals surface area contributed by atoms with Crippen molar-refractivity contribution in [2.24, 2.45) is 0 Å². The molecule has 4 nitrogen and oxygen atoms in total. The van der Waals surface area contributed by atoms with E-state index < -0.39 is 0 Å². The van der Waals surface area contributed by atoms with Gasteiger partial charge in [0.25, 0.3) is 0 Å². The Morgan fingerprint density at radius 1 is 1.15 bits per heavy atom. The Morgan fingerprint density at radius 3 is 2.70 bits per heavy atom. The smallest absolute Gasteiger partial charge is 0.125 e.